The van der Waals surface area contributed by atoms with E-state index in [2.05, 4.69) is 25.8 Å². The zero-order valence-electron chi connectivity index (χ0n) is 17.0. The number of piperazine rings is 1. The number of nitrogens with one attached hydrogen (secondary N) is 1. The maximum Gasteiger partial charge on any atom is 0.263 e. The van der Waals surface area contributed by atoms with E-state index in [1.807, 2.05) is 11.8 Å². The first-order chi connectivity index (χ1) is 14.9. The van der Waals surface area contributed by atoms with Gasteiger partial charge in [0.1, 0.15) is 12.3 Å². The summed E-state index contributed by atoms with van der Waals surface area (Å²) in [5, 5.41) is 19.2. The Morgan fingerprint density at radius 3 is 2.61 bits per heavy atom. The lowest BCUT2D eigenvalue weighted by molar-refractivity contribution is -0.120. The maximum atomic E-state index is 12.8. The summed E-state index contributed by atoms with van der Waals surface area (Å²) in [6.07, 6.45) is -2.53. The fourth-order valence-corrected chi connectivity index (χ4v) is 3.24. The van der Waals surface area contributed by atoms with Crippen molar-refractivity contribution in [1.82, 2.24) is 30.5 Å². The van der Waals surface area contributed by atoms with Crippen LogP contribution >= 0.6 is 0 Å². The molecule has 1 amide bonds. The number of aromatic nitrogens is 5. The number of ether oxygens (including phenoxy) is 1. The largest absolute Gasteiger partial charge is 0.470 e. The molecule has 1 aliphatic rings. The summed E-state index contributed by atoms with van der Waals surface area (Å²) < 4.78 is 32.9. The SMILES string of the molecule is Cc1nnn(-c2ccc(C(F)F)cc2)c1COc1ccc(N2CC(=O)NCC2C)nn1. The third-order valence-electron chi connectivity index (χ3n) is 5.06. The lowest BCUT2D eigenvalue weighted by Crippen LogP contribution is -2.53. The number of hydrogen-bond donors (Lipinski definition) is 1. The van der Waals surface area contributed by atoms with Gasteiger partial charge in [-0.25, -0.2) is 13.5 Å². The van der Waals surface area contributed by atoms with E-state index in [0.717, 1.165) is 0 Å². The second-order valence-corrected chi connectivity index (χ2v) is 7.23. The molecule has 3 aromatic rings. The summed E-state index contributed by atoms with van der Waals surface area (Å²) in [6.45, 7) is 4.67. The lowest BCUT2D eigenvalue weighted by Gasteiger charge is -2.33. The van der Waals surface area contributed by atoms with Gasteiger partial charge in [0.05, 0.1) is 17.9 Å². The molecule has 1 N–H and O–H groups in total. The second kappa shape index (κ2) is 8.62. The van der Waals surface area contributed by atoms with Crippen LogP contribution in [-0.2, 0) is 11.4 Å². The molecule has 9 nitrogen and oxygen atoms in total. The Labute approximate surface area is 177 Å². The van der Waals surface area contributed by atoms with Crippen molar-refractivity contribution in [2.24, 2.45) is 0 Å². The number of halogens is 2. The van der Waals surface area contributed by atoms with E-state index in [4.69, 9.17) is 4.74 Å². The first-order valence-corrected chi connectivity index (χ1v) is 9.72. The van der Waals surface area contributed by atoms with Crippen LogP contribution in [0.15, 0.2) is 36.4 Å². The second-order valence-electron chi connectivity index (χ2n) is 7.23. The zero-order chi connectivity index (χ0) is 22.0. The first-order valence-electron chi connectivity index (χ1n) is 9.72. The Morgan fingerprint density at radius 2 is 1.94 bits per heavy atom. The van der Waals surface area contributed by atoms with Gasteiger partial charge < -0.3 is 15.0 Å². The molecule has 0 spiro atoms. The number of hydrogen-bond acceptors (Lipinski definition) is 7. The average molecular weight is 429 g/mol. The molecule has 1 saturated heterocycles. The topological polar surface area (TPSA) is 98.1 Å². The highest BCUT2D eigenvalue weighted by Gasteiger charge is 2.24. The number of carbonyl (C=O) groups excluding carboxylic acids is 1. The summed E-state index contributed by atoms with van der Waals surface area (Å²) in [5.41, 5.74) is 1.85. The highest BCUT2D eigenvalue weighted by atomic mass is 19.3. The van der Waals surface area contributed by atoms with Crippen LogP contribution in [0, 0.1) is 6.92 Å². The molecule has 1 aromatic carbocycles. The van der Waals surface area contributed by atoms with Gasteiger partial charge in [0.25, 0.3) is 6.43 Å². The number of anilines is 1. The molecule has 0 radical (unpaired) electrons. The van der Waals surface area contributed by atoms with Crippen LogP contribution in [0.2, 0.25) is 0 Å². The maximum absolute atomic E-state index is 12.8. The molecule has 31 heavy (non-hydrogen) atoms. The van der Waals surface area contributed by atoms with Crippen LogP contribution in [0.4, 0.5) is 14.6 Å². The Kier molecular flexibility index (Phi) is 5.74. The standard InChI is InChI=1S/C20H21F2N7O2/c1-12-9-23-18(30)10-28(12)17-7-8-19(26-25-17)31-11-16-13(2)24-27-29(16)15-5-3-14(4-6-15)20(21)22/h3-8,12,20H,9-11H2,1-2H3,(H,23,30). The molecule has 1 aliphatic heterocycles. The summed E-state index contributed by atoms with van der Waals surface area (Å²) in [5.74, 6) is 0.841. The van der Waals surface area contributed by atoms with Crippen molar-refractivity contribution in [1.29, 1.82) is 0 Å². The van der Waals surface area contributed by atoms with E-state index in [1.54, 1.807) is 35.9 Å². The van der Waals surface area contributed by atoms with Gasteiger partial charge in [-0.05, 0) is 32.0 Å². The molecule has 11 heteroatoms. The van der Waals surface area contributed by atoms with Crippen LogP contribution < -0.4 is 15.0 Å². The van der Waals surface area contributed by atoms with Crippen molar-refractivity contribution in [2.45, 2.75) is 32.9 Å². The van der Waals surface area contributed by atoms with Gasteiger partial charge in [-0.3, -0.25) is 4.79 Å². The van der Waals surface area contributed by atoms with Crippen molar-refractivity contribution in [2.75, 3.05) is 18.0 Å². The molecule has 1 atom stereocenters. The van der Waals surface area contributed by atoms with E-state index in [-0.39, 0.29) is 30.7 Å². The Bertz CT molecular complexity index is 1050. The third kappa shape index (κ3) is 4.44. The van der Waals surface area contributed by atoms with Gasteiger partial charge in [0.15, 0.2) is 5.82 Å². The molecular weight excluding hydrogens is 408 g/mol. The fraction of sp³-hybridized carbons (Fsp3) is 0.350. The molecule has 0 saturated carbocycles. The first kappa shape index (κ1) is 20.6. The molecular formula is C20H21F2N7O2. The van der Waals surface area contributed by atoms with E-state index in [1.165, 1.54) is 12.1 Å². The van der Waals surface area contributed by atoms with Crippen LogP contribution in [-0.4, -0.2) is 50.2 Å². The molecule has 3 heterocycles. The number of nitrogens with zero attached hydrogens (tertiary/aromatic N) is 6. The van der Waals surface area contributed by atoms with Crippen molar-refractivity contribution in [3.05, 3.63) is 53.3 Å². The van der Waals surface area contributed by atoms with Crippen molar-refractivity contribution in [3.63, 3.8) is 0 Å². The number of rotatable bonds is 6. The number of aryl methyl sites for hydroxylation is 1. The number of carbonyl (C=O) groups is 1. The number of benzene rings is 1. The molecule has 162 valence electrons. The Hall–Kier alpha value is -3.63. The van der Waals surface area contributed by atoms with Gasteiger partial charge in [-0.15, -0.1) is 15.3 Å². The van der Waals surface area contributed by atoms with E-state index in [0.29, 0.717) is 35.3 Å². The average Bonchev–Trinajstić information content (AvgIpc) is 3.14. The number of alkyl halides is 2. The van der Waals surface area contributed by atoms with Gasteiger partial charge in [-0.1, -0.05) is 17.3 Å². The van der Waals surface area contributed by atoms with Crippen LogP contribution in [0.5, 0.6) is 5.88 Å². The van der Waals surface area contributed by atoms with Crippen LogP contribution in [0.3, 0.4) is 0 Å². The smallest absolute Gasteiger partial charge is 0.263 e. The minimum Gasteiger partial charge on any atom is -0.470 e. The molecule has 1 fully saturated rings. The Morgan fingerprint density at radius 1 is 1.16 bits per heavy atom. The molecule has 0 bridgehead atoms. The highest BCUT2D eigenvalue weighted by Crippen LogP contribution is 2.22. The van der Waals surface area contributed by atoms with Crippen LogP contribution in [0.1, 0.15) is 30.3 Å². The lowest BCUT2D eigenvalue weighted by atomic mass is 10.2. The predicted octanol–water partition coefficient (Wildman–Crippen LogP) is 2.21. The normalized spacial score (nSPS) is 16.5. The zero-order valence-corrected chi connectivity index (χ0v) is 17.0. The van der Waals surface area contributed by atoms with E-state index < -0.39 is 6.43 Å². The monoisotopic (exact) mass is 429 g/mol. The summed E-state index contributed by atoms with van der Waals surface area (Å²) in [7, 11) is 0. The van der Waals surface area contributed by atoms with E-state index in [9.17, 15) is 13.6 Å². The van der Waals surface area contributed by atoms with Gasteiger partial charge >= 0.3 is 0 Å². The van der Waals surface area contributed by atoms with Gasteiger partial charge in [0.2, 0.25) is 11.8 Å². The molecule has 4 rings (SSSR count). The highest BCUT2D eigenvalue weighted by molar-refractivity contribution is 5.82. The quantitative estimate of drug-likeness (QED) is 0.642. The molecule has 1 unspecified atom stereocenters. The molecule has 0 aliphatic carbocycles. The number of amides is 1. The van der Waals surface area contributed by atoms with Crippen LogP contribution in [0.25, 0.3) is 5.69 Å². The predicted molar refractivity (Wildman–Crippen MR) is 107 cm³/mol. The van der Waals surface area contributed by atoms with Gasteiger partial charge in [0, 0.05) is 24.2 Å². The summed E-state index contributed by atoms with van der Waals surface area (Å²) >= 11 is 0. The minimum absolute atomic E-state index is 0.0574. The molecule has 2 aromatic heterocycles. The van der Waals surface area contributed by atoms with Crippen molar-refractivity contribution >= 4 is 11.7 Å². The fourth-order valence-electron chi connectivity index (χ4n) is 3.24. The summed E-state index contributed by atoms with van der Waals surface area (Å²) in [4.78, 5) is 13.5. The van der Waals surface area contributed by atoms with Crippen molar-refractivity contribution < 1.29 is 18.3 Å². The van der Waals surface area contributed by atoms with E-state index >= 15 is 0 Å². The van der Waals surface area contributed by atoms with Crippen molar-refractivity contribution in [3.8, 4) is 11.6 Å². The minimum atomic E-state index is -2.53. The summed E-state index contributed by atoms with van der Waals surface area (Å²) in [6, 6.07) is 9.37. The van der Waals surface area contributed by atoms with Gasteiger partial charge in [-0.2, -0.15) is 0 Å². The Balaban J connectivity index is 1.46. The third-order valence-corrected chi connectivity index (χ3v) is 5.06.